The first-order valence-corrected chi connectivity index (χ1v) is 11.6. The maximum Gasteiger partial charge on any atom is 0.282 e. The Morgan fingerprint density at radius 1 is 1.22 bits per heavy atom. The van der Waals surface area contributed by atoms with Crippen LogP contribution in [0.4, 0.5) is 11.4 Å². The molecule has 0 aliphatic heterocycles. The van der Waals surface area contributed by atoms with Gasteiger partial charge in [0.15, 0.2) is 6.61 Å². The summed E-state index contributed by atoms with van der Waals surface area (Å²) >= 11 is 9.18. The van der Waals surface area contributed by atoms with Gasteiger partial charge in [0.05, 0.1) is 22.0 Å². The molecule has 10 nitrogen and oxygen atoms in total. The molecule has 0 saturated carbocycles. The molecular formula is C24H17BrClN5O5. The van der Waals surface area contributed by atoms with Crippen molar-refractivity contribution < 1.29 is 14.5 Å². The number of benzene rings is 3. The van der Waals surface area contributed by atoms with E-state index < -0.39 is 16.4 Å². The molecule has 1 N–H and O–H groups in total. The van der Waals surface area contributed by atoms with Crippen LogP contribution in [0.2, 0.25) is 5.02 Å². The van der Waals surface area contributed by atoms with E-state index >= 15 is 0 Å². The van der Waals surface area contributed by atoms with Crippen molar-refractivity contribution in [2.24, 2.45) is 5.10 Å². The number of nitrogens with one attached hydrogen (secondary N) is 1. The van der Waals surface area contributed by atoms with Gasteiger partial charge in [0.1, 0.15) is 11.6 Å². The van der Waals surface area contributed by atoms with E-state index in [0.29, 0.717) is 31.9 Å². The van der Waals surface area contributed by atoms with Crippen LogP contribution in [0.1, 0.15) is 11.4 Å². The molecule has 0 atom stereocenters. The van der Waals surface area contributed by atoms with Gasteiger partial charge >= 0.3 is 0 Å². The number of hydrogen-bond acceptors (Lipinski definition) is 7. The van der Waals surface area contributed by atoms with Crippen LogP contribution < -0.4 is 15.6 Å². The fraction of sp³-hybridized carbons (Fsp3) is 0.0833. The quantitative estimate of drug-likeness (QED) is 0.191. The SMILES string of the molecule is Cc1nc2ccc(Br)cc2c(=O)n1N=Cc1cc([N+](=O)[O-])ccc1OCC(=O)Nc1ccc(Cl)cc1. The van der Waals surface area contributed by atoms with E-state index in [0.717, 1.165) is 4.68 Å². The van der Waals surface area contributed by atoms with Crippen molar-refractivity contribution >= 4 is 61.9 Å². The van der Waals surface area contributed by atoms with Crippen LogP contribution in [0, 0.1) is 17.0 Å². The summed E-state index contributed by atoms with van der Waals surface area (Å²) in [5.74, 6) is 0.0362. The summed E-state index contributed by atoms with van der Waals surface area (Å²) in [6, 6.07) is 15.5. The Balaban J connectivity index is 1.61. The number of nitro benzene ring substituents is 1. The highest BCUT2D eigenvalue weighted by atomic mass is 79.9. The average Bonchev–Trinajstić information content (AvgIpc) is 2.85. The van der Waals surface area contributed by atoms with Crippen molar-refractivity contribution in [1.82, 2.24) is 9.66 Å². The zero-order valence-electron chi connectivity index (χ0n) is 18.6. The summed E-state index contributed by atoms with van der Waals surface area (Å²) in [4.78, 5) is 40.4. The minimum Gasteiger partial charge on any atom is -0.483 e. The van der Waals surface area contributed by atoms with E-state index in [2.05, 4.69) is 31.3 Å². The maximum absolute atomic E-state index is 13.0. The van der Waals surface area contributed by atoms with Crippen LogP contribution >= 0.6 is 27.5 Å². The Bertz CT molecular complexity index is 1570. The van der Waals surface area contributed by atoms with Crippen LogP contribution in [-0.2, 0) is 4.79 Å². The summed E-state index contributed by atoms with van der Waals surface area (Å²) in [5.41, 5.74) is 0.621. The zero-order valence-corrected chi connectivity index (χ0v) is 21.0. The summed E-state index contributed by atoms with van der Waals surface area (Å²) in [6.45, 7) is 1.25. The fourth-order valence-electron chi connectivity index (χ4n) is 3.27. The second kappa shape index (κ2) is 10.7. The third-order valence-corrected chi connectivity index (χ3v) is 5.72. The molecule has 0 unspecified atom stereocenters. The Morgan fingerprint density at radius 3 is 2.69 bits per heavy atom. The van der Waals surface area contributed by atoms with Gasteiger partial charge in [0.2, 0.25) is 0 Å². The van der Waals surface area contributed by atoms with Gasteiger partial charge in [-0.3, -0.25) is 19.7 Å². The van der Waals surface area contributed by atoms with E-state index in [1.165, 1.54) is 24.4 Å². The molecular weight excluding hydrogens is 554 g/mol. The van der Waals surface area contributed by atoms with Crippen molar-refractivity contribution in [3.8, 4) is 5.75 Å². The highest BCUT2D eigenvalue weighted by molar-refractivity contribution is 9.10. The van der Waals surface area contributed by atoms with Crippen LogP contribution in [0.25, 0.3) is 10.9 Å². The van der Waals surface area contributed by atoms with Gasteiger partial charge in [-0.25, -0.2) is 4.98 Å². The molecule has 0 radical (unpaired) electrons. The standard InChI is InChI=1S/C24H17BrClN5O5/c1-14-28-21-8-2-16(25)11-20(21)24(33)30(14)27-12-15-10-19(31(34)35)7-9-22(15)36-13-23(32)29-18-5-3-17(26)4-6-18/h2-12H,13H2,1H3,(H,29,32). The zero-order chi connectivity index (χ0) is 25.8. The number of fused-ring (bicyclic) bond motifs is 1. The van der Waals surface area contributed by atoms with Crippen molar-refractivity contribution in [2.45, 2.75) is 6.92 Å². The molecule has 0 bridgehead atoms. The lowest BCUT2D eigenvalue weighted by atomic mass is 10.2. The number of amides is 1. The lowest BCUT2D eigenvalue weighted by Gasteiger charge is -2.10. The van der Waals surface area contributed by atoms with Gasteiger partial charge in [-0.2, -0.15) is 9.78 Å². The maximum atomic E-state index is 13.0. The number of carbonyl (C=O) groups is 1. The van der Waals surface area contributed by atoms with E-state index in [-0.39, 0.29) is 23.6 Å². The van der Waals surface area contributed by atoms with Gasteiger partial charge < -0.3 is 10.1 Å². The number of hydrogen-bond donors (Lipinski definition) is 1. The number of aromatic nitrogens is 2. The monoisotopic (exact) mass is 569 g/mol. The minimum atomic E-state index is -0.569. The summed E-state index contributed by atoms with van der Waals surface area (Å²) < 4.78 is 7.40. The van der Waals surface area contributed by atoms with Crippen molar-refractivity contribution in [3.05, 3.63) is 102 Å². The Morgan fingerprint density at radius 2 is 1.97 bits per heavy atom. The Hall–Kier alpha value is -4.09. The first-order chi connectivity index (χ1) is 17.2. The molecule has 4 rings (SSSR count). The number of nitrogens with zero attached hydrogens (tertiary/aromatic N) is 4. The normalized spacial score (nSPS) is 11.1. The summed E-state index contributed by atoms with van der Waals surface area (Å²) in [6.07, 6.45) is 1.25. The Kier molecular flexibility index (Phi) is 7.41. The first-order valence-electron chi connectivity index (χ1n) is 10.4. The number of carbonyl (C=O) groups excluding carboxylic acids is 1. The number of aryl methyl sites for hydroxylation is 1. The second-order valence-corrected chi connectivity index (χ2v) is 8.86. The lowest BCUT2D eigenvalue weighted by molar-refractivity contribution is -0.384. The third-order valence-electron chi connectivity index (χ3n) is 4.97. The topological polar surface area (TPSA) is 129 Å². The van der Waals surface area contributed by atoms with E-state index in [9.17, 15) is 19.7 Å². The first kappa shape index (κ1) is 25.0. The molecule has 12 heteroatoms. The minimum absolute atomic E-state index is 0.165. The van der Waals surface area contributed by atoms with Crippen molar-refractivity contribution in [3.63, 3.8) is 0 Å². The molecule has 1 amide bonds. The largest absolute Gasteiger partial charge is 0.483 e. The molecule has 1 aromatic heterocycles. The fourth-order valence-corrected chi connectivity index (χ4v) is 3.76. The van der Waals surface area contributed by atoms with E-state index in [1.807, 2.05) is 0 Å². The van der Waals surface area contributed by atoms with Crippen LogP contribution in [0.15, 0.2) is 75.0 Å². The number of non-ortho nitro benzene ring substituents is 1. The van der Waals surface area contributed by atoms with Crippen molar-refractivity contribution in [2.75, 3.05) is 11.9 Å². The van der Waals surface area contributed by atoms with E-state index in [4.69, 9.17) is 16.3 Å². The summed E-state index contributed by atoms with van der Waals surface area (Å²) in [5, 5.41) is 19.0. The van der Waals surface area contributed by atoms with Crippen LogP contribution in [-0.4, -0.2) is 33.3 Å². The molecule has 0 saturated heterocycles. The number of ether oxygens (including phenoxy) is 1. The van der Waals surface area contributed by atoms with E-state index in [1.54, 1.807) is 49.4 Å². The molecule has 3 aromatic carbocycles. The smallest absolute Gasteiger partial charge is 0.282 e. The number of halogens is 2. The molecule has 1 heterocycles. The van der Waals surface area contributed by atoms with Crippen molar-refractivity contribution in [1.29, 1.82) is 0 Å². The Labute approximate surface area is 217 Å². The summed E-state index contributed by atoms with van der Waals surface area (Å²) in [7, 11) is 0. The molecule has 4 aromatic rings. The highest BCUT2D eigenvalue weighted by Gasteiger charge is 2.14. The average molecular weight is 571 g/mol. The molecule has 0 spiro atoms. The predicted octanol–water partition coefficient (Wildman–Crippen LogP) is 4.93. The number of anilines is 1. The molecule has 182 valence electrons. The van der Waals surface area contributed by atoms with Gasteiger partial charge in [-0.05, 0) is 55.5 Å². The van der Waals surface area contributed by atoms with Gasteiger partial charge in [0.25, 0.3) is 17.2 Å². The second-order valence-electron chi connectivity index (χ2n) is 7.50. The highest BCUT2D eigenvalue weighted by Crippen LogP contribution is 2.23. The molecule has 36 heavy (non-hydrogen) atoms. The van der Waals surface area contributed by atoms with Gasteiger partial charge in [-0.15, -0.1) is 0 Å². The van der Waals surface area contributed by atoms with Crippen LogP contribution in [0.5, 0.6) is 5.75 Å². The number of rotatable bonds is 7. The predicted molar refractivity (Wildman–Crippen MR) is 140 cm³/mol. The van der Waals surface area contributed by atoms with Gasteiger partial charge in [0, 0.05) is 32.9 Å². The molecule has 0 aliphatic rings. The number of nitro groups is 1. The lowest BCUT2D eigenvalue weighted by Crippen LogP contribution is -2.21. The molecule has 0 fully saturated rings. The molecule has 0 aliphatic carbocycles. The van der Waals surface area contributed by atoms with Crippen LogP contribution in [0.3, 0.4) is 0 Å². The van der Waals surface area contributed by atoms with Gasteiger partial charge in [-0.1, -0.05) is 27.5 Å². The third kappa shape index (κ3) is 5.75.